The molecule has 0 atom stereocenters. The molecule has 9 rings (SSSR count). The van der Waals surface area contributed by atoms with E-state index < -0.39 is 0 Å². The smallest absolute Gasteiger partial charge is 0.236 e. The molecule has 3 nitrogen and oxygen atoms in total. The highest BCUT2D eigenvalue weighted by Crippen LogP contribution is 2.45. The standard InChI is InChI=1S/C44H32N2O/c1-44(2)27-46-43(47-44)40-22-20-35(26-45-40)32-19-21-38-39(25-32)42(34-18-16-29-10-4-6-12-31(29)24-34)37-14-8-7-13-36(37)41(38)33-17-15-28-9-3-5-11-30(28)23-33/h3-26H,27H2,1-2H3. The van der Waals surface area contributed by atoms with E-state index in [4.69, 9.17) is 9.72 Å². The Bertz CT molecular complexity index is 2540. The van der Waals surface area contributed by atoms with Crippen LogP contribution in [0.2, 0.25) is 0 Å². The molecule has 0 N–H and O–H groups in total. The fourth-order valence-electron chi connectivity index (χ4n) is 7.08. The SMILES string of the molecule is CC1(C)CN=C(c2ccc(-c3ccc4c(-c5ccc6ccccc6c5)c5ccccc5c(-c5ccc6ccccc6c5)c4c3)cn2)O1. The molecule has 3 heteroatoms. The largest absolute Gasteiger partial charge is 0.468 e. The summed E-state index contributed by atoms with van der Waals surface area (Å²) in [7, 11) is 0. The summed E-state index contributed by atoms with van der Waals surface area (Å²) in [5.41, 5.74) is 7.57. The van der Waals surface area contributed by atoms with Crippen LogP contribution >= 0.6 is 0 Å². The van der Waals surface area contributed by atoms with Crippen molar-refractivity contribution in [2.24, 2.45) is 4.99 Å². The van der Waals surface area contributed by atoms with E-state index in [1.807, 2.05) is 12.3 Å². The first-order valence-corrected chi connectivity index (χ1v) is 16.2. The van der Waals surface area contributed by atoms with Gasteiger partial charge in [-0.15, -0.1) is 0 Å². The number of aliphatic imine (C=N–C) groups is 1. The number of fused-ring (bicyclic) bond motifs is 4. The van der Waals surface area contributed by atoms with Crippen molar-refractivity contribution in [2.45, 2.75) is 19.4 Å². The number of nitrogens with zero attached hydrogens (tertiary/aromatic N) is 2. The Morgan fingerprint density at radius 3 is 1.60 bits per heavy atom. The van der Waals surface area contributed by atoms with Gasteiger partial charge in [-0.25, -0.2) is 4.99 Å². The lowest BCUT2D eigenvalue weighted by Gasteiger charge is -2.19. The van der Waals surface area contributed by atoms with Crippen LogP contribution in [0.5, 0.6) is 0 Å². The quantitative estimate of drug-likeness (QED) is 0.187. The van der Waals surface area contributed by atoms with Crippen molar-refractivity contribution < 1.29 is 4.74 Å². The van der Waals surface area contributed by atoms with Crippen molar-refractivity contribution in [3.63, 3.8) is 0 Å². The molecule has 0 spiro atoms. The number of benzene rings is 7. The molecule has 1 aromatic heterocycles. The topological polar surface area (TPSA) is 34.5 Å². The first kappa shape index (κ1) is 27.5. The van der Waals surface area contributed by atoms with E-state index in [1.165, 1.54) is 65.3 Å². The summed E-state index contributed by atoms with van der Waals surface area (Å²) < 4.78 is 6.04. The van der Waals surface area contributed by atoms with E-state index in [1.54, 1.807) is 0 Å². The minimum absolute atomic E-state index is 0.293. The van der Waals surface area contributed by atoms with Gasteiger partial charge in [-0.1, -0.05) is 115 Å². The van der Waals surface area contributed by atoms with Crippen LogP contribution in [0.15, 0.2) is 151 Å². The molecule has 0 fully saturated rings. The summed E-state index contributed by atoms with van der Waals surface area (Å²) in [6, 6.07) is 50.7. The molecule has 2 heterocycles. The Kier molecular flexibility index (Phi) is 6.23. The van der Waals surface area contributed by atoms with Gasteiger partial charge < -0.3 is 4.74 Å². The predicted molar refractivity (Wildman–Crippen MR) is 197 cm³/mol. The molecule has 8 aromatic rings. The van der Waals surface area contributed by atoms with Crippen LogP contribution in [-0.2, 0) is 4.74 Å². The number of aromatic nitrogens is 1. The van der Waals surface area contributed by atoms with Crippen LogP contribution in [0.1, 0.15) is 19.5 Å². The van der Waals surface area contributed by atoms with Crippen LogP contribution < -0.4 is 0 Å². The fourth-order valence-corrected chi connectivity index (χ4v) is 7.08. The zero-order valence-electron chi connectivity index (χ0n) is 26.4. The lowest BCUT2D eigenvalue weighted by atomic mass is 9.84. The molecule has 0 saturated carbocycles. The van der Waals surface area contributed by atoms with Crippen LogP contribution in [0, 0.1) is 0 Å². The first-order chi connectivity index (χ1) is 23.0. The Labute approximate surface area is 273 Å². The molecule has 0 saturated heterocycles. The highest BCUT2D eigenvalue weighted by molar-refractivity contribution is 6.22. The second-order valence-corrected chi connectivity index (χ2v) is 13.1. The van der Waals surface area contributed by atoms with Crippen molar-refractivity contribution in [1.29, 1.82) is 0 Å². The molecule has 224 valence electrons. The summed E-state index contributed by atoms with van der Waals surface area (Å²) in [6.45, 7) is 4.74. The highest BCUT2D eigenvalue weighted by atomic mass is 16.5. The molecule has 0 aliphatic carbocycles. The van der Waals surface area contributed by atoms with Gasteiger partial charge in [0.25, 0.3) is 0 Å². The monoisotopic (exact) mass is 604 g/mol. The first-order valence-electron chi connectivity index (χ1n) is 16.2. The summed E-state index contributed by atoms with van der Waals surface area (Å²) in [6.07, 6.45) is 1.94. The van der Waals surface area contributed by atoms with Crippen LogP contribution in [0.3, 0.4) is 0 Å². The molecule has 1 aliphatic heterocycles. The van der Waals surface area contributed by atoms with Crippen molar-refractivity contribution in [3.8, 4) is 33.4 Å². The van der Waals surface area contributed by atoms with E-state index in [2.05, 4.69) is 152 Å². The summed E-state index contributed by atoms with van der Waals surface area (Å²) in [5, 5.41) is 9.89. The van der Waals surface area contributed by atoms with Gasteiger partial charge in [0.05, 0.1) is 6.54 Å². The zero-order chi connectivity index (χ0) is 31.5. The maximum atomic E-state index is 6.04. The number of rotatable bonds is 4. The van der Waals surface area contributed by atoms with Crippen molar-refractivity contribution in [1.82, 2.24) is 4.98 Å². The minimum atomic E-state index is -0.293. The summed E-state index contributed by atoms with van der Waals surface area (Å²) >= 11 is 0. The van der Waals surface area contributed by atoms with Crippen LogP contribution in [-0.4, -0.2) is 23.0 Å². The summed E-state index contributed by atoms with van der Waals surface area (Å²) in [4.78, 5) is 9.37. The number of pyridine rings is 1. The highest BCUT2D eigenvalue weighted by Gasteiger charge is 2.29. The van der Waals surface area contributed by atoms with Gasteiger partial charge in [0.15, 0.2) is 0 Å². The van der Waals surface area contributed by atoms with E-state index in [0.29, 0.717) is 12.4 Å². The second-order valence-electron chi connectivity index (χ2n) is 13.1. The van der Waals surface area contributed by atoms with E-state index in [-0.39, 0.29) is 5.60 Å². The minimum Gasteiger partial charge on any atom is -0.468 e. The van der Waals surface area contributed by atoms with Crippen LogP contribution in [0.4, 0.5) is 0 Å². The third-order valence-corrected chi connectivity index (χ3v) is 9.39. The van der Waals surface area contributed by atoms with Gasteiger partial charge in [0.2, 0.25) is 5.90 Å². The Balaban J connectivity index is 1.30. The molecule has 7 aromatic carbocycles. The van der Waals surface area contributed by atoms with Gasteiger partial charge in [0, 0.05) is 11.8 Å². The lowest BCUT2D eigenvalue weighted by Crippen LogP contribution is -2.24. The maximum absolute atomic E-state index is 6.04. The zero-order valence-corrected chi connectivity index (χ0v) is 26.4. The van der Waals surface area contributed by atoms with E-state index in [0.717, 1.165) is 16.8 Å². The van der Waals surface area contributed by atoms with E-state index in [9.17, 15) is 0 Å². The molecule has 0 radical (unpaired) electrons. The molecular formula is C44H32N2O. The average molecular weight is 605 g/mol. The fraction of sp³-hybridized carbons (Fsp3) is 0.0909. The number of hydrogen-bond donors (Lipinski definition) is 0. The third-order valence-electron chi connectivity index (χ3n) is 9.39. The maximum Gasteiger partial charge on any atom is 0.236 e. The molecule has 0 amide bonds. The normalized spacial score (nSPS) is 14.1. The predicted octanol–water partition coefficient (Wildman–Crippen LogP) is 11.3. The van der Waals surface area contributed by atoms with Gasteiger partial charge in [-0.2, -0.15) is 0 Å². The van der Waals surface area contributed by atoms with Crippen molar-refractivity contribution >= 4 is 49.0 Å². The molecule has 0 unspecified atom stereocenters. The van der Waals surface area contributed by atoms with Gasteiger partial charge in [-0.05, 0) is 109 Å². The van der Waals surface area contributed by atoms with Crippen molar-refractivity contribution in [3.05, 3.63) is 151 Å². The van der Waals surface area contributed by atoms with Gasteiger partial charge in [-0.3, -0.25) is 4.98 Å². The molecule has 0 bridgehead atoms. The molecule has 1 aliphatic rings. The summed E-state index contributed by atoms with van der Waals surface area (Å²) in [5.74, 6) is 0.616. The average Bonchev–Trinajstić information content (AvgIpc) is 3.49. The van der Waals surface area contributed by atoms with Gasteiger partial charge in [0.1, 0.15) is 11.3 Å². The van der Waals surface area contributed by atoms with Crippen molar-refractivity contribution in [2.75, 3.05) is 6.54 Å². The van der Waals surface area contributed by atoms with E-state index >= 15 is 0 Å². The van der Waals surface area contributed by atoms with Gasteiger partial charge >= 0.3 is 0 Å². The number of ether oxygens (including phenoxy) is 1. The Hall–Kier alpha value is -5.80. The van der Waals surface area contributed by atoms with Crippen LogP contribution in [0.25, 0.3) is 76.5 Å². The second kappa shape index (κ2) is 10.6. The number of hydrogen-bond acceptors (Lipinski definition) is 3. The Morgan fingerprint density at radius 1 is 0.489 bits per heavy atom. The Morgan fingerprint density at radius 2 is 1.02 bits per heavy atom. The lowest BCUT2D eigenvalue weighted by molar-refractivity contribution is 0.131. The molecular weight excluding hydrogens is 572 g/mol. The third kappa shape index (κ3) is 4.74. The molecule has 47 heavy (non-hydrogen) atoms.